The number of aromatic carboxylic acids is 2. The molecule has 0 fully saturated rings. The summed E-state index contributed by atoms with van der Waals surface area (Å²) in [4.78, 5) is 70.2. The molecule has 0 spiro atoms. The fourth-order valence-corrected chi connectivity index (χ4v) is 3.18. The Morgan fingerprint density at radius 1 is 0.578 bits per heavy atom. The van der Waals surface area contributed by atoms with Crippen LogP contribution in [0.2, 0.25) is 0 Å². The Labute approximate surface area is 246 Å². The number of benzene rings is 2. The highest BCUT2D eigenvalue weighted by atomic mass is 19.4. The van der Waals surface area contributed by atoms with Crippen molar-refractivity contribution in [3.05, 3.63) is 58.7 Å². The van der Waals surface area contributed by atoms with E-state index in [-0.39, 0.29) is 18.1 Å². The van der Waals surface area contributed by atoms with Gasteiger partial charge in [-0.3, -0.25) is 0 Å². The van der Waals surface area contributed by atoms with Crippen LogP contribution in [0.1, 0.15) is 48.4 Å². The number of halogens is 7. The molecule has 19 heteroatoms. The van der Waals surface area contributed by atoms with Crippen molar-refractivity contribution >= 4 is 35.8 Å². The number of esters is 4. The standard InChI is InChI=1S/C26H19F7O12/c1-24(27,28)22(40)44-8-6-42-20(38)14-4-2-12(10-16(14)18(34)35)13-3-5-15(17(11-13)19(36)37)21(39)43-7-9-45-23(41)25(29,30)26(31,32)33/h2-5,10-11H,6-9H2,1H3,(H,34,35)(H,36,37). The van der Waals surface area contributed by atoms with E-state index >= 15 is 0 Å². The molecule has 0 aromatic heterocycles. The minimum absolute atomic E-state index is 0.00276. The molecule has 0 radical (unpaired) electrons. The molecule has 0 saturated carbocycles. The van der Waals surface area contributed by atoms with E-state index in [1.807, 2.05) is 0 Å². The first kappa shape index (κ1) is 36.0. The number of hydrogen-bond acceptors (Lipinski definition) is 10. The van der Waals surface area contributed by atoms with Crippen LogP contribution in [-0.2, 0) is 28.5 Å². The summed E-state index contributed by atoms with van der Waals surface area (Å²) in [5.41, 5.74) is -2.56. The molecule has 0 aliphatic rings. The molecule has 0 bridgehead atoms. The Kier molecular flexibility index (Phi) is 11.2. The summed E-state index contributed by atoms with van der Waals surface area (Å²) in [5, 5.41) is 19.1. The quantitative estimate of drug-likeness (QED) is 0.137. The van der Waals surface area contributed by atoms with E-state index in [0.29, 0.717) is 0 Å². The van der Waals surface area contributed by atoms with Gasteiger partial charge in [0.15, 0.2) is 0 Å². The van der Waals surface area contributed by atoms with Crippen molar-refractivity contribution in [2.75, 3.05) is 26.4 Å². The highest BCUT2D eigenvalue weighted by Gasteiger charge is 2.64. The van der Waals surface area contributed by atoms with Crippen molar-refractivity contribution in [1.29, 1.82) is 0 Å². The number of ether oxygens (including phenoxy) is 4. The molecule has 2 rings (SSSR count). The average Bonchev–Trinajstić information content (AvgIpc) is 2.95. The van der Waals surface area contributed by atoms with Crippen molar-refractivity contribution < 1.29 is 88.7 Å². The third-order valence-corrected chi connectivity index (χ3v) is 5.34. The van der Waals surface area contributed by atoms with E-state index in [9.17, 15) is 69.7 Å². The molecular weight excluding hydrogens is 637 g/mol. The third kappa shape index (κ3) is 9.13. The minimum atomic E-state index is -6.23. The molecule has 12 nitrogen and oxygen atoms in total. The molecule has 0 unspecified atom stereocenters. The topological polar surface area (TPSA) is 180 Å². The van der Waals surface area contributed by atoms with E-state index < -0.39 is 103 Å². The minimum Gasteiger partial charge on any atom is -0.478 e. The number of carboxylic acid groups (broad SMARTS) is 2. The fraction of sp³-hybridized carbons (Fsp3) is 0.308. The third-order valence-electron chi connectivity index (χ3n) is 5.34. The van der Waals surface area contributed by atoms with Gasteiger partial charge in [0.05, 0.1) is 22.3 Å². The van der Waals surface area contributed by atoms with Crippen LogP contribution < -0.4 is 0 Å². The van der Waals surface area contributed by atoms with Gasteiger partial charge in [0.1, 0.15) is 26.4 Å². The van der Waals surface area contributed by atoms with Gasteiger partial charge in [0.2, 0.25) is 0 Å². The molecule has 2 aromatic carbocycles. The van der Waals surface area contributed by atoms with Crippen LogP contribution >= 0.6 is 0 Å². The number of rotatable bonds is 13. The lowest BCUT2D eigenvalue weighted by Gasteiger charge is -2.17. The summed E-state index contributed by atoms with van der Waals surface area (Å²) >= 11 is 0. The highest BCUT2D eigenvalue weighted by Crippen LogP contribution is 2.36. The van der Waals surface area contributed by atoms with Gasteiger partial charge in [-0.2, -0.15) is 30.7 Å². The second-order valence-corrected chi connectivity index (χ2v) is 8.64. The zero-order chi connectivity index (χ0) is 34.3. The Morgan fingerprint density at radius 3 is 1.27 bits per heavy atom. The number of hydrogen-bond donors (Lipinski definition) is 2. The SMILES string of the molecule is CC(F)(F)C(=O)OCCOC(=O)c1ccc(-c2ccc(C(=O)OCCOC(=O)C(F)(F)C(F)(F)F)c(C(=O)O)c2)cc1C(=O)O. The van der Waals surface area contributed by atoms with Crippen LogP contribution in [0.25, 0.3) is 11.1 Å². The molecule has 0 amide bonds. The van der Waals surface area contributed by atoms with Crippen molar-refractivity contribution in [3.63, 3.8) is 0 Å². The van der Waals surface area contributed by atoms with E-state index in [1.54, 1.807) is 0 Å². The van der Waals surface area contributed by atoms with Gasteiger partial charge in [0, 0.05) is 6.92 Å². The molecule has 2 aromatic rings. The monoisotopic (exact) mass is 656 g/mol. The normalized spacial score (nSPS) is 11.7. The molecule has 0 atom stereocenters. The van der Waals surface area contributed by atoms with Crippen molar-refractivity contribution in [2.24, 2.45) is 0 Å². The Hall–Kier alpha value is -5.23. The van der Waals surface area contributed by atoms with Crippen LogP contribution in [0.5, 0.6) is 0 Å². The zero-order valence-corrected chi connectivity index (χ0v) is 22.4. The van der Waals surface area contributed by atoms with Crippen LogP contribution in [0, 0.1) is 0 Å². The molecule has 0 saturated heterocycles. The van der Waals surface area contributed by atoms with E-state index in [4.69, 9.17) is 4.74 Å². The number of carboxylic acids is 2. The number of carbonyl (C=O) groups is 6. The van der Waals surface area contributed by atoms with Gasteiger partial charge < -0.3 is 29.2 Å². The maximum atomic E-state index is 12.9. The maximum absolute atomic E-state index is 12.9. The van der Waals surface area contributed by atoms with Crippen LogP contribution in [0.3, 0.4) is 0 Å². The average molecular weight is 656 g/mol. The molecule has 2 N–H and O–H groups in total. The summed E-state index contributed by atoms with van der Waals surface area (Å²) in [6.45, 7) is -3.46. The second kappa shape index (κ2) is 14.0. The highest BCUT2D eigenvalue weighted by molar-refractivity contribution is 6.05. The van der Waals surface area contributed by atoms with Gasteiger partial charge in [-0.1, -0.05) is 12.1 Å². The molecule has 45 heavy (non-hydrogen) atoms. The summed E-state index contributed by atoms with van der Waals surface area (Å²) < 4.78 is 105. The summed E-state index contributed by atoms with van der Waals surface area (Å²) in [7, 11) is 0. The van der Waals surface area contributed by atoms with Crippen LogP contribution in [-0.4, -0.2) is 90.5 Å². The summed E-state index contributed by atoms with van der Waals surface area (Å²) in [5.74, 6) is -20.5. The van der Waals surface area contributed by atoms with E-state index in [0.717, 1.165) is 36.4 Å². The van der Waals surface area contributed by atoms with Crippen molar-refractivity contribution in [2.45, 2.75) is 24.9 Å². The molecule has 0 aliphatic heterocycles. The van der Waals surface area contributed by atoms with E-state index in [1.165, 1.54) is 0 Å². The van der Waals surface area contributed by atoms with E-state index in [2.05, 4.69) is 14.2 Å². The first-order valence-electron chi connectivity index (χ1n) is 11.9. The lowest BCUT2D eigenvalue weighted by Crippen LogP contribution is -2.45. The lowest BCUT2D eigenvalue weighted by atomic mass is 9.96. The van der Waals surface area contributed by atoms with Gasteiger partial charge >= 0.3 is 53.8 Å². The molecule has 0 heterocycles. The molecular formula is C26H19F7O12. The molecule has 0 aliphatic carbocycles. The van der Waals surface area contributed by atoms with Gasteiger partial charge in [0.25, 0.3) is 0 Å². The molecule has 244 valence electrons. The Morgan fingerprint density at radius 2 is 0.933 bits per heavy atom. The van der Waals surface area contributed by atoms with Crippen LogP contribution in [0.15, 0.2) is 36.4 Å². The van der Waals surface area contributed by atoms with Gasteiger partial charge in [-0.05, 0) is 35.4 Å². The predicted octanol–water partition coefficient (Wildman–Crippen LogP) is 4.00. The zero-order valence-electron chi connectivity index (χ0n) is 22.4. The van der Waals surface area contributed by atoms with Crippen molar-refractivity contribution in [1.82, 2.24) is 0 Å². The Balaban J connectivity index is 2.17. The van der Waals surface area contributed by atoms with Crippen LogP contribution in [0.4, 0.5) is 30.7 Å². The summed E-state index contributed by atoms with van der Waals surface area (Å²) in [6, 6.07) is 5.96. The largest absolute Gasteiger partial charge is 0.478 e. The lowest BCUT2D eigenvalue weighted by molar-refractivity contribution is -0.280. The van der Waals surface area contributed by atoms with Gasteiger partial charge in [-0.25, -0.2) is 28.8 Å². The van der Waals surface area contributed by atoms with Crippen molar-refractivity contribution in [3.8, 4) is 11.1 Å². The Bertz CT molecular complexity index is 1500. The number of alkyl halides is 7. The smallest absolute Gasteiger partial charge is 0.465 e. The first-order valence-corrected chi connectivity index (χ1v) is 11.9. The summed E-state index contributed by atoms with van der Waals surface area (Å²) in [6.07, 6.45) is -6.23. The first-order chi connectivity index (χ1) is 20.7. The fourth-order valence-electron chi connectivity index (χ4n) is 3.18. The van der Waals surface area contributed by atoms with Gasteiger partial charge in [-0.15, -0.1) is 0 Å². The number of carbonyl (C=O) groups excluding carboxylic acids is 4. The predicted molar refractivity (Wildman–Crippen MR) is 130 cm³/mol. The maximum Gasteiger partial charge on any atom is 0.465 e. The second-order valence-electron chi connectivity index (χ2n) is 8.64.